The maximum Gasteiger partial charge on any atom is 0.376 e. The average Bonchev–Trinajstić information content (AvgIpc) is 2.12. The normalized spacial score (nSPS) is 28.1. The fourth-order valence-corrected chi connectivity index (χ4v) is 1.84. The summed E-state index contributed by atoms with van der Waals surface area (Å²) in [6.45, 7) is 0. The number of allylic oxidation sites excluding steroid dienone is 2. The first-order valence-corrected chi connectivity index (χ1v) is 4.73. The van der Waals surface area contributed by atoms with Crippen LogP contribution in [-0.4, -0.2) is 22.0 Å². The van der Waals surface area contributed by atoms with Gasteiger partial charge >= 0.3 is 11.8 Å². The topological polar surface area (TPSA) is 17.1 Å². The SMILES string of the molecule is O=C1C(Cl)=C(Cl)C(Cl)(Cl)C(F)(F)C1(F)F. The lowest BCUT2D eigenvalue weighted by Crippen LogP contribution is -2.60. The van der Waals surface area contributed by atoms with Crippen molar-refractivity contribution >= 4 is 52.2 Å². The number of carbonyl (C=O) groups excluding carboxylic acids is 1. The van der Waals surface area contributed by atoms with Crippen LogP contribution in [0.4, 0.5) is 17.6 Å². The maximum absolute atomic E-state index is 13.0. The van der Waals surface area contributed by atoms with Gasteiger partial charge in [0.05, 0.1) is 5.03 Å². The first-order chi connectivity index (χ1) is 6.48. The van der Waals surface area contributed by atoms with E-state index >= 15 is 0 Å². The molecule has 0 saturated carbocycles. The lowest BCUT2D eigenvalue weighted by atomic mass is 9.96. The fourth-order valence-electron chi connectivity index (χ4n) is 0.853. The predicted octanol–water partition coefficient (Wildman–Crippen LogP) is 3.70. The van der Waals surface area contributed by atoms with E-state index in [1.165, 1.54) is 0 Å². The van der Waals surface area contributed by atoms with E-state index < -0.39 is 32.0 Å². The second kappa shape index (κ2) is 3.39. The summed E-state index contributed by atoms with van der Waals surface area (Å²) < 4.78 is 48.3. The number of ketones is 1. The molecular formula is C6Cl4F4O. The lowest BCUT2D eigenvalue weighted by Gasteiger charge is -2.37. The molecule has 0 fully saturated rings. The third-order valence-electron chi connectivity index (χ3n) is 1.74. The summed E-state index contributed by atoms with van der Waals surface area (Å²) in [6, 6.07) is 0. The molecule has 1 aliphatic carbocycles. The molecule has 0 aromatic heterocycles. The van der Waals surface area contributed by atoms with Crippen molar-refractivity contribution < 1.29 is 22.4 Å². The van der Waals surface area contributed by atoms with E-state index in [9.17, 15) is 22.4 Å². The van der Waals surface area contributed by atoms with Gasteiger partial charge in [-0.25, -0.2) is 0 Å². The van der Waals surface area contributed by atoms with Crippen LogP contribution >= 0.6 is 46.4 Å². The van der Waals surface area contributed by atoms with Crippen LogP contribution in [0.5, 0.6) is 0 Å². The number of Topliss-reactive ketones (excluding diaryl/α,β-unsaturated/α-hetero) is 1. The van der Waals surface area contributed by atoms with Gasteiger partial charge in [-0.15, -0.1) is 0 Å². The van der Waals surface area contributed by atoms with Crippen LogP contribution in [0, 0.1) is 0 Å². The largest absolute Gasteiger partial charge is 0.376 e. The number of hydrogen-bond donors (Lipinski definition) is 0. The van der Waals surface area contributed by atoms with Crippen LogP contribution in [0.1, 0.15) is 0 Å². The molecule has 0 saturated heterocycles. The highest BCUT2D eigenvalue weighted by molar-refractivity contribution is 6.61. The molecule has 0 atom stereocenters. The molecule has 0 radical (unpaired) electrons. The number of halogens is 8. The molecule has 0 N–H and O–H groups in total. The summed E-state index contributed by atoms with van der Waals surface area (Å²) >= 11 is 20.1. The standard InChI is InChI=1S/C6Cl4F4O/c7-1-2(8)4(9,10)6(13,14)5(11,12)3(1)15. The predicted molar refractivity (Wildman–Crippen MR) is 48.1 cm³/mol. The number of rotatable bonds is 0. The molecule has 0 amide bonds. The summed E-state index contributed by atoms with van der Waals surface area (Å²) in [4.78, 5) is 10.7. The number of carbonyl (C=O) groups is 1. The minimum Gasteiger partial charge on any atom is -0.286 e. The quantitative estimate of drug-likeness (QED) is 0.492. The van der Waals surface area contributed by atoms with Crippen molar-refractivity contribution in [3.05, 3.63) is 10.1 Å². The smallest absolute Gasteiger partial charge is 0.286 e. The zero-order valence-electron chi connectivity index (χ0n) is 6.43. The maximum atomic E-state index is 13.0. The molecule has 0 aromatic carbocycles. The van der Waals surface area contributed by atoms with Crippen molar-refractivity contribution in [2.24, 2.45) is 0 Å². The van der Waals surface area contributed by atoms with Gasteiger partial charge in [0, 0.05) is 0 Å². The molecule has 0 spiro atoms. The van der Waals surface area contributed by atoms with E-state index in [0.29, 0.717) is 0 Å². The van der Waals surface area contributed by atoms with Crippen LogP contribution in [0.15, 0.2) is 10.1 Å². The Bertz CT molecular complexity index is 362. The Hall–Kier alpha value is 0.290. The molecular weight excluding hydrogens is 306 g/mol. The minimum atomic E-state index is -5.09. The van der Waals surface area contributed by atoms with Crippen LogP contribution < -0.4 is 0 Å². The Morgan fingerprint density at radius 1 is 1.00 bits per heavy atom. The van der Waals surface area contributed by atoms with Crippen LogP contribution in [-0.2, 0) is 4.79 Å². The van der Waals surface area contributed by atoms with Gasteiger partial charge in [-0.2, -0.15) is 17.6 Å². The Morgan fingerprint density at radius 3 is 1.80 bits per heavy atom. The zero-order chi connectivity index (χ0) is 12.2. The molecule has 0 aliphatic heterocycles. The van der Waals surface area contributed by atoms with E-state index in [2.05, 4.69) is 0 Å². The highest BCUT2D eigenvalue weighted by atomic mass is 35.5. The molecule has 1 aliphatic rings. The lowest BCUT2D eigenvalue weighted by molar-refractivity contribution is -0.209. The van der Waals surface area contributed by atoms with Crippen molar-refractivity contribution in [3.63, 3.8) is 0 Å². The van der Waals surface area contributed by atoms with Gasteiger partial charge < -0.3 is 0 Å². The third-order valence-corrected chi connectivity index (χ3v) is 3.72. The second-order valence-corrected chi connectivity index (χ2v) is 4.76. The van der Waals surface area contributed by atoms with Crippen molar-refractivity contribution in [1.82, 2.24) is 0 Å². The van der Waals surface area contributed by atoms with E-state index in [1.54, 1.807) is 0 Å². The second-order valence-electron chi connectivity index (χ2n) is 2.68. The number of hydrogen-bond acceptors (Lipinski definition) is 1. The summed E-state index contributed by atoms with van der Waals surface area (Å²) in [5, 5.41) is -2.51. The van der Waals surface area contributed by atoms with Crippen molar-refractivity contribution in [2.75, 3.05) is 0 Å². The van der Waals surface area contributed by atoms with E-state index in [-0.39, 0.29) is 0 Å². The van der Waals surface area contributed by atoms with Crippen LogP contribution in [0.2, 0.25) is 0 Å². The van der Waals surface area contributed by atoms with Crippen molar-refractivity contribution in [3.8, 4) is 0 Å². The van der Waals surface area contributed by atoms with Gasteiger partial charge in [0.25, 0.3) is 5.78 Å². The highest BCUT2D eigenvalue weighted by Gasteiger charge is 2.76. The molecule has 0 bridgehead atoms. The van der Waals surface area contributed by atoms with Gasteiger partial charge in [0.2, 0.25) is 4.33 Å². The van der Waals surface area contributed by atoms with Gasteiger partial charge in [-0.05, 0) is 0 Å². The average molecular weight is 306 g/mol. The van der Waals surface area contributed by atoms with E-state index in [1.807, 2.05) is 0 Å². The summed E-state index contributed by atoms with van der Waals surface area (Å²) in [5.41, 5.74) is 0. The molecule has 86 valence electrons. The first kappa shape index (κ1) is 13.4. The molecule has 1 nitrogen and oxygen atoms in total. The monoisotopic (exact) mass is 304 g/mol. The summed E-state index contributed by atoms with van der Waals surface area (Å²) in [6.07, 6.45) is 0. The Balaban J connectivity index is 3.56. The molecule has 0 heterocycles. The van der Waals surface area contributed by atoms with Gasteiger partial charge in [0.1, 0.15) is 5.03 Å². The summed E-state index contributed by atoms with van der Waals surface area (Å²) in [7, 11) is 0. The van der Waals surface area contributed by atoms with Gasteiger partial charge in [-0.3, -0.25) is 4.79 Å². The molecule has 1 rings (SSSR count). The number of alkyl halides is 6. The van der Waals surface area contributed by atoms with E-state index in [4.69, 9.17) is 46.4 Å². The Morgan fingerprint density at radius 2 is 1.40 bits per heavy atom. The molecule has 0 unspecified atom stereocenters. The Labute approximate surface area is 101 Å². The minimum absolute atomic E-state index is 1.21. The first-order valence-electron chi connectivity index (χ1n) is 3.22. The highest BCUT2D eigenvalue weighted by Crippen LogP contribution is 2.58. The zero-order valence-corrected chi connectivity index (χ0v) is 9.46. The van der Waals surface area contributed by atoms with Crippen LogP contribution in [0.25, 0.3) is 0 Å². The molecule has 0 aromatic rings. The Kier molecular flexibility index (Phi) is 3.02. The molecule has 9 heteroatoms. The van der Waals surface area contributed by atoms with Gasteiger partial charge in [-0.1, -0.05) is 46.4 Å². The fraction of sp³-hybridized carbons (Fsp3) is 0.500. The van der Waals surface area contributed by atoms with Crippen LogP contribution in [0.3, 0.4) is 0 Å². The van der Waals surface area contributed by atoms with E-state index in [0.717, 1.165) is 0 Å². The molecule has 15 heavy (non-hydrogen) atoms. The van der Waals surface area contributed by atoms with Crippen molar-refractivity contribution in [1.29, 1.82) is 0 Å². The van der Waals surface area contributed by atoms with Crippen molar-refractivity contribution in [2.45, 2.75) is 16.2 Å². The summed E-state index contributed by atoms with van der Waals surface area (Å²) in [5.74, 6) is -12.4. The third kappa shape index (κ3) is 1.47. The van der Waals surface area contributed by atoms with Gasteiger partial charge in [0.15, 0.2) is 0 Å².